The first-order valence-electron chi connectivity index (χ1n) is 4.76. The number of esters is 1. The SMILES string of the molecule is CCOC(=O)CNC(=O)n1ccccc1=O. The number of aromatic nitrogens is 1. The molecule has 86 valence electrons. The van der Waals surface area contributed by atoms with E-state index in [1.807, 2.05) is 0 Å². The lowest BCUT2D eigenvalue weighted by atomic mass is 10.5. The van der Waals surface area contributed by atoms with Gasteiger partial charge >= 0.3 is 12.0 Å². The van der Waals surface area contributed by atoms with Crippen LogP contribution in [0.4, 0.5) is 4.79 Å². The zero-order valence-electron chi connectivity index (χ0n) is 8.80. The van der Waals surface area contributed by atoms with Crippen LogP contribution >= 0.6 is 0 Å². The van der Waals surface area contributed by atoms with E-state index in [9.17, 15) is 14.4 Å². The summed E-state index contributed by atoms with van der Waals surface area (Å²) in [5.74, 6) is -0.542. The third kappa shape index (κ3) is 3.23. The fourth-order valence-electron chi connectivity index (χ4n) is 1.04. The Balaban J connectivity index is 2.57. The lowest BCUT2D eigenvalue weighted by Gasteiger charge is -2.05. The molecule has 1 N–H and O–H groups in total. The summed E-state index contributed by atoms with van der Waals surface area (Å²) in [6.07, 6.45) is 1.32. The van der Waals surface area contributed by atoms with Gasteiger partial charge in [0.15, 0.2) is 0 Å². The molecule has 0 aliphatic rings. The van der Waals surface area contributed by atoms with Gasteiger partial charge in [0.05, 0.1) is 6.61 Å². The summed E-state index contributed by atoms with van der Waals surface area (Å²) in [5.41, 5.74) is -0.455. The van der Waals surface area contributed by atoms with Gasteiger partial charge in [-0.3, -0.25) is 9.59 Å². The van der Waals surface area contributed by atoms with E-state index >= 15 is 0 Å². The molecule has 16 heavy (non-hydrogen) atoms. The molecule has 1 aromatic heterocycles. The van der Waals surface area contributed by atoms with E-state index < -0.39 is 17.6 Å². The van der Waals surface area contributed by atoms with E-state index in [1.165, 1.54) is 18.3 Å². The predicted octanol–water partition coefficient (Wildman–Crippen LogP) is -0.0309. The van der Waals surface area contributed by atoms with E-state index in [2.05, 4.69) is 10.1 Å². The maximum Gasteiger partial charge on any atom is 0.329 e. The van der Waals surface area contributed by atoms with Crippen molar-refractivity contribution < 1.29 is 14.3 Å². The number of hydrogen-bond acceptors (Lipinski definition) is 4. The van der Waals surface area contributed by atoms with Gasteiger partial charge in [0.2, 0.25) is 0 Å². The summed E-state index contributed by atoms with van der Waals surface area (Å²) < 4.78 is 5.49. The van der Waals surface area contributed by atoms with Gasteiger partial charge in [-0.2, -0.15) is 0 Å². The van der Waals surface area contributed by atoms with E-state index in [4.69, 9.17) is 0 Å². The Kier molecular flexibility index (Phi) is 4.26. The van der Waals surface area contributed by atoms with Crippen molar-refractivity contribution in [2.24, 2.45) is 0 Å². The molecule has 6 nitrogen and oxygen atoms in total. The average molecular weight is 224 g/mol. The summed E-state index contributed by atoms with van der Waals surface area (Å²) in [6.45, 7) is 1.66. The van der Waals surface area contributed by atoms with Crippen LogP contribution in [0.5, 0.6) is 0 Å². The second kappa shape index (κ2) is 5.69. The second-order valence-electron chi connectivity index (χ2n) is 2.87. The van der Waals surface area contributed by atoms with Gasteiger partial charge in [-0.05, 0) is 13.0 Å². The molecule has 0 atom stereocenters. The van der Waals surface area contributed by atoms with Crippen LogP contribution in [0.25, 0.3) is 0 Å². The van der Waals surface area contributed by atoms with Crippen LogP contribution in [0.2, 0.25) is 0 Å². The third-order valence-corrected chi connectivity index (χ3v) is 1.73. The summed E-state index contributed by atoms with van der Waals surface area (Å²) in [5, 5.41) is 2.27. The molecule has 0 saturated heterocycles. The lowest BCUT2D eigenvalue weighted by molar-refractivity contribution is -0.141. The summed E-state index contributed by atoms with van der Waals surface area (Å²) in [7, 11) is 0. The zero-order chi connectivity index (χ0) is 12.0. The van der Waals surface area contributed by atoms with Crippen LogP contribution in [0.15, 0.2) is 29.2 Å². The number of carbonyl (C=O) groups is 2. The monoisotopic (exact) mass is 224 g/mol. The molecular formula is C10H12N2O4. The molecule has 0 spiro atoms. The molecule has 1 aromatic rings. The van der Waals surface area contributed by atoms with Gasteiger partial charge in [0, 0.05) is 12.3 Å². The highest BCUT2D eigenvalue weighted by Gasteiger charge is 2.08. The molecule has 0 radical (unpaired) electrons. The smallest absolute Gasteiger partial charge is 0.329 e. The van der Waals surface area contributed by atoms with Crippen LogP contribution in [0.1, 0.15) is 6.92 Å². The normalized spacial score (nSPS) is 9.56. The molecule has 0 saturated carbocycles. The largest absolute Gasteiger partial charge is 0.465 e. The Bertz CT molecular complexity index is 438. The molecule has 0 aromatic carbocycles. The first-order valence-corrected chi connectivity index (χ1v) is 4.76. The third-order valence-electron chi connectivity index (χ3n) is 1.73. The van der Waals surface area contributed by atoms with Crippen molar-refractivity contribution >= 4 is 12.0 Å². The molecule has 1 rings (SSSR count). The standard InChI is InChI=1S/C10H12N2O4/c1-2-16-9(14)7-11-10(15)12-6-4-3-5-8(12)13/h3-6H,2,7H2,1H3,(H,11,15). The molecule has 0 bridgehead atoms. The van der Waals surface area contributed by atoms with Crippen molar-refractivity contribution in [2.45, 2.75) is 6.92 Å². The number of pyridine rings is 1. The van der Waals surface area contributed by atoms with Crippen molar-refractivity contribution in [3.8, 4) is 0 Å². The molecule has 1 heterocycles. The van der Waals surface area contributed by atoms with Crippen LogP contribution < -0.4 is 10.9 Å². The van der Waals surface area contributed by atoms with Gasteiger partial charge in [-0.15, -0.1) is 0 Å². The van der Waals surface area contributed by atoms with Crippen LogP contribution in [0.3, 0.4) is 0 Å². The second-order valence-corrected chi connectivity index (χ2v) is 2.87. The van der Waals surface area contributed by atoms with Crippen molar-refractivity contribution in [1.82, 2.24) is 9.88 Å². The number of ether oxygens (including phenoxy) is 1. The highest BCUT2D eigenvalue weighted by molar-refractivity contribution is 5.82. The Morgan fingerprint density at radius 3 is 2.81 bits per heavy atom. The summed E-state index contributed by atoms with van der Waals surface area (Å²) >= 11 is 0. The summed E-state index contributed by atoms with van der Waals surface area (Å²) in [4.78, 5) is 33.6. The number of nitrogens with zero attached hydrogens (tertiary/aromatic N) is 1. The molecule has 0 aliphatic carbocycles. The van der Waals surface area contributed by atoms with Gasteiger partial charge in [0.25, 0.3) is 5.56 Å². The van der Waals surface area contributed by atoms with Gasteiger partial charge in [-0.25, -0.2) is 9.36 Å². The van der Waals surface area contributed by atoms with Crippen molar-refractivity contribution in [3.63, 3.8) is 0 Å². The number of hydrogen-bond donors (Lipinski definition) is 1. The number of rotatable bonds is 3. The Morgan fingerprint density at radius 1 is 1.44 bits per heavy atom. The average Bonchev–Trinajstić information content (AvgIpc) is 2.27. The highest BCUT2D eigenvalue weighted by Crippen LogP contribution is 1.82. The van der Waals surface area contributed by atoms with Gasteiger partial charge < -0.3 is 10.1 Å². The molecule has 1 amide bonds. The fourth-order valence-corrected chi connectivity index (χ4v) is 1.04. The van der Waals surface area contributed by atoms with E-state index in [-0.39, 0.29) is 13.2 Å². The highest BCUT2D eigenvalue weighted by atomic mass is 16.5. The lowest BCUT2D eigenvalue weighted by Crippen LogP contribution is -2.38. The Hall–Kier alpha value is -2.11. The first-order chi connectivity index (χ1) is 7.65. The minimum atomic E-state index is -0.654. The van der Waals surface area contributed by atoms with E-state index in [0.717, 1.165) is 4.57 Å². The topological polar surface area (TPSA) is 77.4 Å². The Labute approximate surface area is 91.8 Å². The van der Waals surface area contributed by atoms with Crippen molar-refractivity contribution in [3.05, 3.63) is 34.7 Å². The van der Waals surface area contributed by atoms with Crippen LogP contribution in [-0.2, 0) is 9.53 Å². The van der Waals surface area contributed by atoms with Crippen molar-refractivity contribution in [1.29, 1.82) is 0 Å². The minimum Gasteiger partial charge on any atom is -0.465 e. The van der Waals surface area contributed by atoms with Gasteiger partial charge in [0.1, 0.15) is 6.54 Å². The molecule has 0 unspecified atom stereocenters. The zero-order valence-corrected chi connectivity index (χ0v) is 8.80. The number of carbonyl (C=O) groups excluding carboxylic acids is 2. The summed E-state index contributed by atoms with van der Waals surface area (Å²) in [6, 6.07) is 3.67. The van der Waals surface area contributed by atoms with Crippen LogP contribution in [-0.4, -0.2) is 29.7 Å². The van der Waals surface area contributed by atoms with E-state index in [1.54, 1.807) is 13.0 Å². The predicted molar refractivity (Wildman–Crippen MR) is 56.1 cm³/mol. The van der Waals surface area contributed by atoms with Gasteiger partial charge in [-0.1, -0.05) is 6.07 Å². The minimum absolute atomic E-state index is 0.250. The maximum absolute atomic E-state index is 11.4. The molecule has 6 heteroatoms. The molecular weight excluding hydrogens is 212 g/mol. The number of nitrogens with one attached hydrogen (secondary N) is 1. The molecule has 0 fully saturated rings. The maximum atomic E-state index is 11.4. The first kappa shape index (κ1) is 12.0. The number of amides is 1. The van der Waals surface area contributed by atoms with E-state index in [0.29, 0.717) is 0 Å². The quantitative estimate of drug-likeness (QED) is 0.731. The van der Waals surface area contributed by atoms with Crippen LogP contribution in [0, 0.1) is 0 Å². The molecule has 0 aliphatic heterocycles. The van der Waals surface area contributed by atoms with Crippen molar-refractivity contribution in [2.75, 3.05) is 13.2 Å². The fraction of sp³-hybridized carbons (Fsp3) is 0.300. The Morgan fingerprint density at radius 2 is 2.19 bits per heavy atom.